The normalized spacial score (nSPS) is 16.3. The molecule has 2 N–H and O–H groups in total. The quantitative estimate of drug-likeness (QED) is 0.764. The Morgan fingerprint density at radius 1 is 1.25 bits per heavy atom. The van der Waals surface area contributed by atoms with E-state index in [0.717, 1.165) is 12.8 Å². The van der Waals surface area contributed by atoms with Gasteiger partial charge in [0.1, 0.15) is 5.69 Å². The molecule has 1 aliphatic rings. The maximum Gasteiger partial charge on any atom is 0.267 e. The first kappa shape index (κ1) is 10.9. The average Bonchev–Trinajstić information content (AvgIpc) is 2.86. The average molecular weight is 220 g/mol. The molecule has 0 radical (unpaired) electrons. The summed E-state index contributed by atoms with van der Waals surface area (Å²) in [5.41, 5.74) is 0.952. The lowest BCUT2D eigenvalue weighted by Gasteiger charge is -2.10. The standard InChI is InChI=1S/C12H16N2O2/c1-8(15)10-6-7-11(14-10)12(16)13-9-4-2-3-5-9/h6-7,9,14H,2-5H2,1H3,(H,13,16). The highest BCUT2D eigenvalue weighted by Gasteiger charge is 2.18. The summed E-state index contributed by atoms with van der Waals surface area (Å²) in [6, 6.07) is 3.60. The van der Waals surface area contributed by atoms with Crippen LogP contribution in [-0.4, -0.2) is 22.7 Å². The molecule has 86 valence electrons. The number of hydrogen-bond acceptors (Lipinski definition) is 2. The van der Waals surface area contributed by atoms with Gasteiger partial charge in [0.05, 0.1) is 5.69 Å². The van der Waals surface area contributed by atoms with Gasteiger partial charge in [0.2, 0.25) is 0 Å². The van der Waals surface area contributed by atoms with Gasteiger partial charge >= 0.3 is 0 Å². The Labute approximate surface area is 94.4 Å². The third kappa shape index (κ3) is 2.32. The molecule has 1 aromatic rings. The molecule has 0 bridgehead atoms. The van der Waals surface area contributed by atoms with Gasteiger partial charge in [-0.05, 0) is 25.0 Å². The maximum atomic E-state index is 11.8. The Morgan fingerprint density at radius 2 is 1.88 bits per heavy atom. The Balaban J connectivity index is 1.99. The maximum absolute atomic E-state index is 11.8. The van der Waals surface area contributed by atoms with Crippen LogP contribution in [0.1, 0.15) is 53.6 Å². The van der Waals surface area contributed by atoms with E-state index < -0.39 is 0 Å². The molecular formula is C12H16N2O2. The van der Waals surface area contributed by atoms with Gasteiger partial charge < -0.3 is 10.3 Å². The number of amides is 1. The molecule has 0 spiro atoms. The van der Waals surface area contributed by atoms with Gasteiger partial charge in [-0.1, -0.05) is 12.8 Å². The van der Waals surface area contributed by atoms with Crippen LogP contribution in [0.4, 0.5) is 0 Å². The SMILES string of the molecule is CC(=O)c1ccc(C(=O)NC2CCCC2)[nH]1. The lowest BCUT2D eigenvalue weighted by Crippen LogP contribution is -2.32. The van der Waals surface area contributed by atoms with Gasteiger partial charge in [-0.3, -0.25) is 9.59 Å². The van der Waals surface area contributed by atoms with Crippen molar-refractivity contribution in [2.24, 2.45) is 0 Å². The van der Waals surface area contributed by atoms with Crippen LogP contribution in [0, 0.1) is 0 Å². The number of H-pyrrole nitrogens is 1. The minimum atomic E-state index is -0.112. The predicted octanol–water partition coefficient (Wildman–Crippen LogP) is 1.89. The van der Waals surface area contributed by atoms with E-state index in [-0.39, 0.29) is 11.7 Å². The van der Waals surface area contributed by atoms with E-state index in [1.807, 2.05) is 0 Å². The summed E-state index contributed by atoms with van der Waals surface area (Å²) < 4.78 is 0. The summed E-state index contributed by atoms with van der Waals surface area (Å²) in [6.45, 7) is 1.48. The van der Waals surface area contributed by atoms with Crippen LogP contribution in [0.25, 0.3) is 0 Å². The zero-order valence-corrected chi connectivity index (χ0v) is 9.38. The summed E-state index contributed by atoms with van der Waals surface area (Å²) in [5, 5.41) is 2.97. The minimum Gasteiger partial charge on any atom is -0.348 e. The number of carbonyl (C=O) groups excluding carboxylic acids is 2. The number of aromatic amines is 1. The fourth-order valence-corrected chi connectivity index (χ4v) is 2.07. The molecule has 0 aliphatic heterocycles. The van der Waals surface area contributed by atoms with Gasteiger partial charge in [0.25, 0.3) is 5.91 Å². The van der Waals surface area contributed by atoms with Crippen LogP contribution in [0.5, 0.6) is 0 Å². The molecule has 2 rings (SSSR count). The van der Waals surface area contributed by atoms with Crippen LogP contribution in [0.3, 0.4) is 0 Å². The highest BCUT2D eigenvalue weighted by atomic mass is 16.2. The molecule has 1 heterocycles. The van der Waals surface area contributed by atoms with Crippen LogP contribution < -0.4 is 5.32 Å². The van der Waals surface area contributed by atoms with Crippen molar-refractivity contribution in [2.45, 2.75) is 38.6 Å². The zero-order chi connectivity index (χ0) is 11.5. The molecule has 1 fully saturated rings. The van der Waals surface area contributed by atoms with Gasteiger partial charge in [0, 0.05) is 13.0 Å². The number of Topliss-reactive ketones (excluding diaryl/α,β-unsaturated/α-hetero) is 1. The van der Waals surface area contributed by atoms with Gasteiger partial charge in [-0.2, -0.15) is 0 Å². The number of ketones is 1. The molecule has 0 unspecified atom stereocenters. The molecule has 4 nitrogen and oxygen atoms in total. The molecule has 1 aromatic heterocycles. The monoisotopic (exact) mass is 220 g/mol. The minimum absolute atomic E-state index is 0.0556. The number of nitrogens with one attached hydrogen (secondary N) is 2. The number of aromatic nitrogens is 1. The van der Waals surface area contributed by atoms with Crippen molar-refractivity contribution in [3.8, 4) is 0 Å². The summed E-state index contributed by atoms with van der Waals surface area (Å²) in [5.74, 6) is -0.167. The first-order valence-corrected chi connectivity index (χ1v) is 5.67. The van der Waals surface area contributed by atoms with E-state index in [1.165, 1.54) is 19.8 Å². The second-order valence-corrected chi connectivity index (χ2v) is 4.30. The Kier molecular flexibility index (Phi) is 3.08. The summed E-state index contributed by atoms with van der Waals surface area (Å²) in [4.78, 5) is 25.7. The number of rotatable bonds is 3. The highest BCUT2D eigenvalue weighted by molar-refractivity contribution is 5.97. The lowest BCUT2D eigenvalue weighted by atomic mass is 10.2. The van der Waals surface area contributed by atoms with Crippen molar-refractivity contribution in [1.82, 2.24) is 10.3 Å². The van der Waals surface area contributed by atoms with Crippen LogP contribution in [0.2, 0.25) is 0 Å². The first-order chi connectivity index (χ1) is 7.66. The Hall–Kier alpha value is -1.58. The van der Waals surface area contributed by atoms with Gasteiger partial charge in [0.15, 0.2) is 5.78 Å². The van der Waals surface area contributed by atoms with Crippen molar-refractivity contribution >= 4 is 11.7 Å². The third-order valence-electron chi connectivity index (χ3n) is 3.00. The third-order valence-corrected chi connectivity index (χ3v) is 3.00. The zero-order valence-electron chi connectivity index (χ0n) is 9.38. The van der Waals surface area contributed by atoms with E-state index in [0.29, 0.717) is 17.4 Å². The van der Waals surface area contributed by atoms with Crippen molar-refractivity contribution in [3.05, 3.63) is 23.5 Å². The van der Waals surface area contributed by atoms with Crippen molar-refractivity contribution < 1.29 is 9.59 Å². The van der Waals surface area contributed by atoms with E-state index in [1.54, 1.807) is 12.1 Å². The van der Waals surface area contributed by atoms with E-state index in [4.69, 9.17) is 0 Å². The number of carbonyl (C=O) groups is 2. The van der Waals surface area contributed by atoms with Crippen molar-refractivity contribution in [3.63, 3.8) is 0 Å². The second kappa shape index (κ2) is 4.51. The van der Waals surface area contributed by atoms with Crippen molar-refractivity contribution in [1.29, 1.82) is 0 Å². The fourth-order valence-electron chi connectivity index (χ4n) is 2.07. The molecular weight excluding hydrogens is 204 g/mol. The molecule has 1 amide bonds. The number of hydrogen-bond donors (Lipinski definition) is 2. The molecule has 1 saturated carbocycles. The predicted molar refractivity (Wildman–Crippen MR) is 60.5 cm³/mol. The lowest BCUT2D eigenvalue weighted by molar-refractivity contribution is 0.0933. The molecule has 0 atom stereocenters. The van der Waals surface area contributed by atoms with Gasteiger partial charge in [-0.15, -0.1) is 0 Å². The first-order valence-electron chi connectivity index (χ1n) is 5.67. The Morgan fingerprint density at radius 3 is 2.44 bits per heavy atom. The smallest absolute Gasteiger partial charge is 0.267 e. The van der Waals surface area contributed by atoms with Gasteiger partial charge in [-0.25, -0.2) is 0 Å². The van der Waals surface area contributed by atoms with Crippen LogP contribution in [0.15, 0.2) is 12.1 Å². The summed E-state index contributed by atoms with van der Waals surface area (Å²) >= 11 is 0. The van der Waals surface area contributed by atoms with E-state index in [9.17, 15) is 9.59 Å². The fraction of sp³-hybridized carbons (Fsp3) is 0.500. The largest absolute Gasteiger partial charge is 0.348 e. The summed E-state index contributed by atoms with van der Waals surface area (Å²) in [7, 11) is 0. The van der Waals surface area contributed by atoms with Crippen molar-refractivity contribution in [2.75, 3.05) is 0 Å². The molecule has 4 heteroatoms. The summed E-state index contributed by atoms with van der Waals surface area (Å²) in [6.07, 6.45) is 4.50. The second-order valence-electron chi connectivity index (χ2n) is 4.30. The molecule has 16 heavy (non-hydrogen) atoms. The molecule has 0 aromatic carbocycles. The topological polar surface area (TPSA) is 62.0 Å². The molecule has 1 aliphatic carbocycles. The van der Waals surface area contributed by atoms with Crippen LogP contribution >= 0.6 is 0 Å². The van der Waals surface area contributed by atoms with E-state index in [2.05, 4.69) is 10.3 Å². The highest BCUT2D eigenvalue weighted by Crippen LogP contribution is 2.18. The van der Waals surface area contributed by atoms with Crippen LogP contribution in [-0.2, 0) is 0 Å². The van der Waals surface area contributed by atoms with E-state index >= 15 is 0 Å². The Bertz CT molecular complexity index is 403. The molecule has 0 saturated heterocycles.